The number of aromatic nitrogens is 1. The van der Waals surface area contributed by atoms with Crippen molar-refractivity contribution in [1.29, 1.82) is 0 Å². The van der Waals surface area contributed by atoms with Crippen LogP contribution in [0.1, 0.15) is 17.4 Å². The van der Waals surface area contributed by atoms with Crippen LogP contribution in [0.25, 0.3) is 10.8 Å². The molecule has 0 radical (unpaired) electrons. The van der Waals surface area contributed by atoms with Crippen molar-refractivity contribution in [1.82, 2.24) is 4.98 Å². The van der Waals surface area contributed by atoms with E-state index in [2.05, 4.69) is 20.9 Å². The van der Waals surface area contributed by atoms with Crippen LogP contribution >= 0.6 is 15.9 Å². The van der Waals surface area contributed by atoms with Crippen molar-refractivity contribution in [2.45, 2.75) is 6.10 Å². The number of aliphatic hydroxyl groups excluding tert-OH is 1. The summed E-state index contributed by atoms with van der Waals surface area (Å²) in [5.74, 6) is 0.494. The minimum atomic E-state index is -0.826. The molecule has 3 nitrogen and oxygen atoms in total. The number of rotatable bonds is 2. The van der Waals surface area contributed by atoms with E-state index in [9.17, 15) is 5.11 Å². The smallest absolute Gasteiger partial charge is 0.151 e. The van der Waals surface area contributed by atoms with E-state index in [0.29, 0.717) is 5.76 Å². The first kappa shape index (κ1) is 11.4. The highest BCUT2D eigenvalue weighted by atomic mass is 79.9. The summed E-state index contributed by atoms with van der Waals surface area (Å²) in [5, 5.41) is 12.4. The van der Waals surface area contributed by atoms with E-state index >= 15 is 0 Å². The third-order valence-corrected chi connectivity index (χ3v) is 3.54. The molecular weight excluding hydrogens is 294 g/mol. The number of furan rings is 1. The van der Waals surface area contributed by atoms with Gasteiger partial charge in [-0.15, -0.1) is 0 Å². The van der Waals surface area contributed by atoms with Crippen molar-refractivity contribution < 1.29 is 9.52 Å². The monoisotopic (exact) mass is 303 g/mol. The highest BCUT2D eigenvalue weighted by molar-refractivity contribution is 9.10. The second-order valence-corrected chi connectivity index (χ2v) is 4.84. The van der Waals surface area contributed by atoms with Gasteiger partial charge >= 0.3 is 0 Å². The molecule has 0 fully saturated rings. The van der Waals surface area contributed by atoms with E-state index < -0.39 is 6.10 Å². The summed E-state index contributed by atoms with van der Waals surface area (Å²) in [6.07, 6.45) is 4.17. The van der Waals surface area contributed by atoms with Crippen molar-refractivity contribution >= 4 is 26.7 Å². The maximum absolute atomic E-state index is 10.4. The third kappa shape index (κ3) is 1.83. The number of hydrogen-bond acceptors (Lipinski definition) is 3. The predicted octanol–water partition coefficient (Wildman–Crippen LogP) is 3.67. The SMILES string of the molecule is OC(c1occc1Br)c1cncc2ccccc12. The molecule has 0 bridgehead atoms. The maximum Gasteiger partial charge on any atom is 0.151 e. The van der Waals surface area contributed by atoms with Crippen molar-refractivity contribution in [3.05, 3.63) is 64.8 Å². The van der Waals surface area contributed by atoms with Crippen LogP contribution in [0.4, 0.5) is 0 Å². The molecule has 0 amide bonds. The molecule has 18 heavy (non-hydrogen) atoms. The molecule has 1 atom stereocenters. The van der Waals surface area contributed by atoms with Gasteiger partial charge in [-0.05, 0) is 27.4 Å². The van der Waals surface area contributed by atoms with E-state index in [1.54, 1.807) is 24.7 Å². The molecule has 0 aliphatic heterocycles. The Labute approximate surface area is 112 Å². The lowest BCUT2D eigenvalue weighted by molar-refractivity contribution is 0.189. The quantitative estimate of drug-likeness (QED) is 0.785. The van der Waals surface area contributed by atoms with Gasteiger partial charge in [-0.2, -0.15) is 0 Å². The molecule has 1 aromatic carbocycles. The second-order valence-electron chi connectivity index (χ2n) is 3.99. The maximum atomic E-state index is 10.4. The molecule has 90 valence electrons. The fraction of sp³-hybridized carbons (Fsp3) is 0.0714. The number of nitrogens with zero attached hydrogens (tertiary/aromatic N) is 1. The van der Waals surface area contributed by atoms with Crippen LogP contribution in [0.3, 0.4) is 0 Å². The Hall–Kier alpha value is -1.65. The summed E-state index contributed by atoms with van der Waals surface area (Å²) >= 11 is 3.35. The van der Waals surface area contributed by atoms with E-state index in [0.717, 1.165) is 20.8 Å². The molecule has 3 rings (SSSR count). The highest BCUT2D eigenvalue weighted by Crippen LogP contribution is 2.32. The van der Waals surface area contributed by atoms with E-state index in [4.69, 9.17) is 4.42 Å². The first-order chi connectivity index (χ1) is 8.77. The molecule has 2 heterocycles. The van der Waals surface area contributed by atoms with E-state index in [1.807, 2.05) is 24.3 Å². The van der Waals surface area contributed by atoms with Gasteiger partial charge in [-0.1, -0.05) is 24.3 Å². The summed E-state index contributed by atoms with van der Waals surface area (Å²) in [6.45, 7) is 0. The minimum absolute atomic E-state index is 0.494. The number of benzene rings is 1. The predicted molar refractivity (Wildman–Crippen MR) is 72.2 cm³/mol. The van der Waals surface area contributed by atoms with Crippen LogP contribution < -0.4 is 0 Å². The Balaban J connectivity index is 2.18. The second kappa shape index (κ2) is 4.55. The molecule has 0 saturated carbocycles. The average molecular weight is 304 g/mol. The molecule has 1 N–H and O–H groups in total. The third-order valence-electron chi connectivity index (χ3n) is 2.89. The number of aliphatic hydroxyl groups is 1. The van der Waals surface area contributed by atoms with Crippen LogP contribution in [0.15, 0.2) is 57.9 Å². The lowest BCUT2D eigenvalue weighted by atomic mass is 10.0. The fourth-order valence-electron chi connectivity index (χ4n) is 2.00. The molecule has 1 unspecified atom stereocenters. The average Bonchev–Trinajstić information content (AvgIpc) is 2.83. The molecule has 0 saturated heterocycles. The summed E-state index contributed by atoms with van der Waals surface area (Å²) in [4.78, 5) is 4.16. The Morgan fingerprint density at radius 1 is 1.17 bits per heavy atom. The topological polar surface area (TPSA) is 46.3 Å². The molecular formula is C14H10BrNO2. The van der Waals surface area contributed by atoms with Gasteiger partial charge in [-0.25, -0.2) is 0 Å². The zero-order valence-corrected chi connectivity index (χ0v) is 11.0. The zero-order valence-electron chi connectivity index (χ0n) is 9.38. The van der Waals surface area contributed by atoms with Crippen LogP contribution in [0, 0.1) is 0 Å². The molecule has 0 spiro atoms. The Morgan fingerprint density at radius 3 is 2.78 bits per heavy atom. The normalized spacial score (nSPS) is 12.8. The van der Waals surface area contributed by atoms with Gasteiger partial charge in [-0.3, -0.25) is 4.98 Å². The van der Waals surface area contributed by atoms with Crippen molar-refractivity contribution in [2.24, 2.45) is 0 Å². The summed E-state index contributed by atoms with van der Waals surface area (Å²) < 4.78 is 6.06. The summed E-state index contributed by atoms with van der Waals surface area (Å²) in [6, 6.07) is 9.58. The molecule has 0 aliphatic carbocycles. The number of hydrogen-bond donors (Lipinski definition) is 1. The Morgan fingerprint density at radius 2 is 2.00 bits per heavy atom. The van der Waals surface area contributed by atoms with Crippen LogP contribution in [-0.4, -0.2) is 10.1 Å². The number of halogens is 1. The first-order valence-corrected chi connectivity index (χ1v) is 6.30. The molecule has 4 heteroatoms. The van der Waals surface area contributed by atoms with Crippen LogP contribution in [0.5, 0.6) is 0 Å². The largest absolute Gasteiger partial charge is 0.465 e. The van der Waals surface area contributed by atoms with Crippen molar-refractivity contribution in [3.63, 3.8) is 0 Å². The van der Waals surface area contributed by atoms with Crippen molar-refractivity contribution in [2.75, 3.05) is 0 Å². The highest BCUT2D eigenvalue weighted by Gasteiger charge is 2.19. The van der Waals surface area contributed by atoms with Gasteiger partial charge in [0, 0.05) is 23.3 Å². The number of fused-ring (bicyclic) bond motifs is 1. The summed E-state index contributed by atoms with van der Waals surface area (Å²) in [7, 11) is 0. The van der Waals surface area contributed by atoms with Gasteiger partial charge in [0.05, 0.1) is 10.7 Å². The molecule has 3 aromatic rings. The molecule has 0 aliphatic rings. The Kier molecular flexibility index (Phi) is 2.89. The van der Waals surface area contributed by atoms with Crippen molar-refractivity contribution in [3.8, 4) is 0 Å². The lowest BCUT2D eigenvalue weighted by Gasteiger charge is -2.11. The van der Waals surface area contributed by atoms with Gasteiger partial charge in [0.15, 0.2) is 5.76 Å². The van der Waals surface area contributed by atoms with E-state index in [-0.39, 0.29) is 0 Å². The zero-order chi connectivity index (χ0) is 12.5. The van der Waals surface area contributed by atoms with Gasteiger partial charge in [0.2, 0.25) is 0 Å². The van der Waals surface area contributed by atoms with Gasteiger partial charge < -0.3 is 9.52 Å². The van der Waals surface area contributed by atoms with Crippen LogP contribution in [-0.2, 0) is 0 Å². The minimum Gasteiger partial charge on any atom is -0.465 e. The van der Waals surface area contributed by atoms with Crippen LogP contribution in [0.2, 0.25) is 0 Å². The van der Waals surface area contributed by atoms with Gasteiger partial charge in [0.25, 0.3) is 0 Å². The lowest BCUT2D eigenvalue weighted by Crippen LogP contribution is -2.00. The molecule has 2 aromatic heterocycles. The van der Waals surface area contributed by atoms with E-state index in [1.165, 1.54) is 0 Å². The van der Waals surface area contributed by atoms with Gasteiger partial charge in [0.1, 0.15) is 6.10 Å². The number of pyridine rings is 1. The first-order valence-electron chi connectivity index (χ1n) is 5.51. The standard InChI is InChI=1S/C14H10BrNO2/c15-12-5-6-18-14(12)13(17)11-8-16-7-9-3-1-2-4-10(9)11/h1-8,13,17H. The summed E-state index contributed by atoms with van der Waals surface area (Å²) in [5.41, 5.74) is 0.740. The fourth-order valence-corrected chi connectivity index (χ4v) is 2.42. The Bertz CT molecular complexity index is 688.